The van der Waals surface area contributed by atoms with Gasteiger partial charge in [0.25, 0.3) is 0 Å². The highest BCUT2D eigenvalue weighted by Crippen LogP contribution is 2.35. The molecule has 1 heterocycles. The normalized spacial score (nSPS) is 16.7. The van der Waals surface area contributed by atoms with Gasteiger partial charge in [-0.15, -0.1) is 0 Å². The van der Waals surface area contributed by atoms with Gasteiger partial charge < -0.3 is 31.3 Å². The molecule has 1 aliphatic carbocycles. The summed E-state index contributed by atoms with van der Waals surface area (Å²) < 4.78 is 5.65. The number of likely N-dealkylation sites (tertiary alicyclic amines) is 1. The maximum Gasteiger partial charge on any atom is 0.243 e. The number of nitrogens with zero attached hydrogens (tertiary/aromatic N) is 1. The molecule has 2 aliphatic rings. The third kappa shape index (κ3) is 14.2. The van der Waals surface area contributed by atoms with Crippen LogP contribution in [0.2, 0.25) is 0 Å². The molecule has 1 aromatic rings. The molecular weight excluding hydrogens is 672 g/mol. The molecule has 2 fully saturated rings. The van der Waals surface area contributed by atoms with Crippen molar-refractivity contribution in [3.05, 3.63) is 35.9 Å². The summed E-state index contributed by atoms with van der Waals surface area (Å²) in [6.45, 7) is 6.41. The molecule has 286 valence electrons. The zero-order valence-electron chi connectivity index (χ0n) is 30.7. The van der Waals surface area contributed by atoms with Crippen LogP contribution in [0.1, 0.15) is 78.2 Å². The van der Waals surface area contributed by atoms with Crippen molar-refractivity contribution in [2.75, 3.05) is 32.9 Å². The smallest absolute Gasteiger partial charge is 0.243 e. The lowest BCUT2D eigenvalue weighted by Crippen LogP contribution is -2.52. The van der Waals surface area contributed by atoms with E-state index in [9.17, 15) is 38.4 Å². The molecule has 1 aromatic carbocycles. The van der Waals surface area contributed by atoms with Crippen LogP contribution in [0.3, 0.4) is 0 Å². The van der Waals surface area contributed by atoms with Crippen LogP contribution in [0, 0.1) is 23.7 Å². The molecule has 7 amide bonds. The number of hydrogen-bond donors (Lipinski definition) is 5. The molecule has 0 bridgehead atoms. The minimum absolute atomic E-state index is 0.0124. The predicted octanol–water partition coefficient (Wildman–Crippen LogP) is 0.748. The van der Waals surface area contributed by atoms with E-state index in [-0.39, 0.29) is 86.3 Å². The second-order valence-electron chi connectivity index (χ2n) is 14.1. The summed E-state index contributed by atoms with van der Waals surface area (Å²) in [7, 11) is 0. The molecule has 3 rings (SSSR count). The maximum absolute atomic E-state index is 13.1. The number of imide groups is 1. The van der Waals surface area contributed by atoms with Gasteiger partial charge in [0.15, 0.2) is 5.78 Å². The lowest BCUT2D eigenvalue weighted by atomic mass is 9.94. The van der Waals surface area contributed by atoms with Gasteiger partial charge in [0.1, 0.15) is 18.9 Å². The third-order valence-electron chi connectivity index (χ3n) is 9.05. The van der Waals surface area contributed by atoms with Crippen LogP contribution in [-0.2, 0) is 49.5 Å². The van der Waals surface area contributed by atoms with Crippen LogP contribution in [0.5, 0.6) is 0 Å². The van der Waals surface area contributed by atoms with Gasteiger partial charge in [-0.05, 0) is 43.1 Å². The van der Waals surface area contributed by atoms with Crippen molar-refractivity contribution in [1.29, 1.82) is 0 Å². The van der Waals surface area contributed by atoms with Crippen LogP contribution >= 0.6 is 0 Å². The summed E-state index contributed by atoms with van der Waals surface area (Å²) in [6, 6.07) is 7.89. The number of hydrogen-bond acceptors (Lipinski definition) is 9. The number of unbranched alkanes of at least 4 members (excludes halogenated alkanes) is 2. The first-order valence-electron chi connectivity index (χ1n) is 18.2. The highest BCUT2D eigenvalue weighted by Gasteiger charge is 2.40. The van der Waals surface area contributed by atoms with Crippen molar-refractivity contribution in [1.82, 2.24) is 31.5 Å². The van der Waals surface area contributed by atoms with Crippen LogP contribution in [0.4, 0.5) is 0 Å². The highest BCUT2D eigenvalue weighted by molar-refractivity contribution is 6.03. The van der Waals surface area contributed by atoms with Gasteiger partial charge in [0, 0.05) is 37.6 Å². The fourth-order valence-corrected chi connectivity index (χ4v) is 5.75. The first-order valence-corrected chi connectivity index (χ1v) is 18.2. The van der Waals surface area contributed by atoms with E-state index in [1.54, 1.807) is 38.1 Å². The Labute approximate surface area is 305 Å². The quantitative estimate of drug-likeness (QED) is 0.0612. The van der Waals surface area contributed by atoms with E-state index < -0.39 is 42.3 Å². The lowest BCUT2D eigenvalue weighted by Gasteiger charge is -2.20. The van der Waals surface area contributed by atoms with Gasteiger partial charge in [-0.3, -0.25) is 43.3 Å². The standard InChI is InChI=1S/C37H54N6O9/c1-23(2)27-18-33(48)43(37(27)51)16-10-6-9-13-29(44)38-19-30(45)39-21-32(47)42-28(17-25-11-7-5-8-12-25)36(50)40-20-31(46)41-22-52-35(26-14-15-26)34(49)24(3)4/h5,7-8,11-12,23-24,26-28,35H,6,9-10,13-22H2,1-4H3,(H,38,44)(H,39,45)(H,40,50)(H,41,46)(H,42,47). The molecule has 1 saturated carbocycles. The summed E-state index contributed by atoms with van der Waals surface area (Å²) >= 11 is 0. The van der Waals surface area contributed by atoms with Crippen molar-refractivity contribution in [3.8, 4) is 0 Å². The Bertz CT molecular complexity index is 1430. The number of nitrogens with one attached hydrogen (secondary N) is 5. The molecule has 0 spiro atoms. The van der Waals surface area contributed by atoms with E-state index in [0.717, 1.165) is 18.4 Å². The monoisotopic (exact) mass is 726 g/mol. The number of ketones is 1. The number of carbonyl (C=O) groups is 8. The molecule has 0 aromatic heterocycles. The minimum atomic E-state index is -1.06. The van der Waals surface area contributed by atoms with E-state index in [0.29, 0.717) is 25.8 Å². The van der Waals surface area contributed by atoms with Crippen molar-refractivity contribution in [2.24, 2.45) is 23.7 Å². The largest absolute Gasteiger partial charge is 0.350 e. The number of Topliss-reactive ketones (excluding diaryl/α,β-unsaturated/α-hetero) is 1. The van der Waals surface area contributed by atoms with E-state index in [1.807, 2.05) is 19.9 Å². The van der Waals surface area contributed by atoms with Crippen LogP contribution in [-0.4, -0.2) is 97.1 Å². The fraction of sp³-hybridized carbons (Fsp3) is 0.622. The van der Waals surface area contributed by atoms with Crippen molar-refractivity contribution in [3.63, 3.8) is 0 Å². The fourth-order valence-electron chi connectivity index (χ4n) is 5.75. The second kappa shape index (κ2) is 21.0. The number of amides is 7. The molecule has 0 radical (unpaired) electrons. The van der Waals surface area contributed by atoms with Gasteiger partial charge in [-0.25, -0.2) is 0 Å². The zero-order chi connectivity index (χ0) is 38.2. The highest BCUT2D eigenvalue weighted by atomic mass is 16.5. The SMILES string of the molecule is CC(C)C(=O)C(OCNC(=O)CNC(=O)C(Cc1ccccc1)NC(=O)CNC(=O)CNC(=O)CCCCCN1C(=O)CC(C(C)C)C1=O)C1CC1. The van der Waals surface area contributed by atoms with Gasteiger partial charge in [0.05, 0.1) is 19.6 Å². The van der Waals surface area contributed by atoms with Crippen LogP contribution in [0.25, 0.3) is 0 Å². The molecule has 5 N–H and O–H groups in total. The van der Waals surface area contributed by atoms with Gasteiger partial charge in [-0.1, -0.05) is 64.4 Å². The first-order chi connectivity index (χ1) is 24.8. The molecule has 3 atom stereocenters. The van der Waals surface area contributed by atoms with E-state index in [4.69, 9.17) is 4.74 Å². The van der Waals surface area contributed by atoms with E-state index in [2.05, 4.69) is 26.6 Å². The first kappa shape index (κ1) is 41.8. The van der Waals surface area contributed by atoms with E-state index >= 15 is 0 Å². The molecule has 52 heavy (non-hydrogen) atoms. The number of rotatable bonds is 23. The Hall–Kier alpha value is -4.66. The molecular formula is C37H54N6O9. The summed E-state index contributed by atoms with van der Waals surface area (Å²) in [4.78, 5) is 101. The van der Waals surface area contributed by atoms with Gasteiger partial charge in [-0.2, -0.15) is 0 Å². The van der Waals surface area contributed by atoms with Crippen molar-refractivity contribution < 1.29 is 43.1 Å². The Balaban J connectivity index is 1.35. The predicted molar refractivity (Wildman–Crippen MR) is 190 cm³/mol. The number of benzene rings is 1. The summed E-state index contributed by atoms with van der Waals surface area (Å²) in [5.74, 6) is -3.24. The Kier molecular flexibility index (Phi) is 16.9. The van der Waals surface area contributed by atoms with Crippen LogP contribution in [0.15, 0.2) is 30.3 Å². The van der Waals surface area contributed by atoms with Crippen LogP contribution < -0.4 is 26.6 Å². The zero-order valence-corrected chi connectivity index (χ0v) is 30.7. The number of carbonyl (C=O) groups excluding carboxylic acids is 8. The summed E-state index contributed by atoms with van der Waals surface area (Å²) in [5, 5.41) is 12.6. The third-order valence-corrected chi connectivity index (χ3v) is 9.05. The minimum Gasteiger partial charge on any atom is -0.350 e. The lowest BCUT2D eigenvalue weighted by molar-refractivity contribution is -0.140. The van der Waals surface area contributed by atoms with Crippen molar-refractivity contribution in [2.45, 2.75) is 91.2 Å². The Morgan fingerprint density at radius 2 is 1.42 bits per heavy atom. The second-order valence-corrected chi connectivity index (χ2v) is 14.1. The molecule has 1 saturated heterocycles. The summed E-state index contributed by atoms with van der Waals surface area (Å²) in [6.07, 6.45) is 3.48. The topological polar surface area (TPSA) is 209 Å². The Morgan fingerprint density at radius 1 is 0.788 bits per heavy atom. The average Bonchev–Trinajstić information content (AvgIpc) is 3.91. The molecule has 1 aliphatic heterocycles. The van der Waals surface area contributed by atoms with Gasteiger partial charge >= 0.3 is 0 Å². The Morgan fingerprint density at radius 3 is 2.06 bits per heavy atom. The molecule has 3 unspecified atom stereocenters. The molecule has 15 nitrogen and oxygen atoms in total. The van der Waals surface area contributed by atoms with Crippen molar-refractivity contribution >= 4 is 47.1 Å². The molecule has 15 heteroatoms. The summed E-state index contributed by atoms with van der Waals surface area (Å²) in [5.41, 5.74) is 0.756. The van der Waals surface area contributed by atoms with Gasteiger partial charge in [0.2, 0.25) is 41.4 Å². The maximum atomic E-state index is 13.1. The van der Waals surface area contributed by atoms with E-state index in [1.165, 1.54) is 4.90 Å². The number of ether oxygens (including phenoxy) is 1. The average molecular weight is 727 g/mol.